The van der Waals surface area contributed by atoms with Gasteiger partial charge < -0.3 is 4.90 Å². The van der Waals surface area contributed by atoms with Crippen molar-refractivity contribution in [3.63, 3.8) is 0 Å². The van der Waals surface area contributed by atoms with Gasteiger partial charge in [0.05, 0.1) is 11.0 Å². The van der Waals surface area contributed by atoms with E-state index in [0.29, 0.717) is 24.4 Å². The van der Waals surface area contributed by atoms with E-state index in [-0.39, 0.29) is 0 Å². The molecule has 1 aromatic carbocycles. The zero-order valence-corrected chi connectivity index (χ0v) is 12.2. The van der Waals surface area contributed by atoms with E-state index in [1.165, 1.54) is 0 Å². The third kappa shape index (κ3) is 3.57. The van der Waals surface area contributed by atoms with Crippen molar-refractivity contribution >= 4 is 10.0 Å². The lowest BCUT2D eigenvalue weighted by Crippen LogP contribution is -2.48. The quantitative estimate of drug-likeness (QED) is 0.768. The van der Waals surface area contributed by atoms with E-state index < -0.39 is 10.0 Å². The first kappa shape index (κ1) is 15.0. The first-order valence-corrected chi connectivity index (χ1v) is 8.23. The lowest BCUT2D eigenvalue weighted by Gasteiger charge is -2.33. The SMILES string of the molecule is N#CCCCN1CCN(S(=O)(=O)c2ccccc2)CC1. The number of hydrogen-bond donors (Lipinski definition) is 0. The maximum absolute atomic E-state index is 12.4. The molecule has 0 unspecified atom stereocenters. The van der Waals surface area contributed by atoms with Crippen LogP contribution in [0.25, 0.3) is 0 Å². The number of nitrogens with zero attached hydrogens (tertiary/aromatic N) is 3. The topological polar surface area (TPSA) is 64.4 Å². The van der Waals surface area contributed by atoms with Gasteiger partial charge in [0.2, 0.25) is 10.0 Å². The van der Waals surface area contributed by atoms with Gasteiger partial charge in [-0.3, -0.25) is 0 Å². The predicted molar refractivity (Wildman–Crippen MR) is 76.5 cm³/mol. The Balaban J connectivity index is 1.92. The van der Waals surface area contributed by atoms with Gasteiger partial charge in [-0.25, -0.2) is 8.42 Å². The van der Waals surface area contributed by atoms with Crippen LogP contribution in [0.15, 0.2) is 35.2 Å². The fourth-order valence-corrected chi connectivity index (χ4v) is 3.76. The van der Waals surface area contributed by atoms with Crippen LogP contribution in [0.2, 0.25) is 0 Å². The van der Waals surface area contributed by atoms with Crippen LogP contribution >= 0.6 is 0 Å². The molecule has 0 spiro atoms. The highest BCUT2D eigenvalue weighted by Gasteiger charge is 2.27. The monoisotopic (exact) mass is 293 g/mol. The van der Waals surface area contributed by atoms with Gasteiger partial charge in [0.1, 0.15) is 0 Å². The van der Waals surface area contributed by atoms with E-state index in [4.69, 9.17) is 5.26 Å². The highest BCUT2D eigenvalue weighted by molar-refractivity contribution is 7.89. The van der Waals surface area contributed by atoms with Crippen LogP contribution in [0.5, 0.6) is 0 Å². The molecule has 1 aliphatic heterocycles. The predicted octanol–water partition coefficient (Wildman–Crippen LogP) is 1.30. The van der Waals surface area contributed by atoms with Crippen LogP contribution in [0.3, 0.4) is 0 Å². The van der Waals surface area contributed by atoms with Crippen molar-refractivity contribution in [1.29, 1.82) is 5.26 Å². The van der Waals surface area contributed by atoms with Crippen LogP contribution in [0.4, 0.5) is 0 Å². The van der Waals surface area contributed by atoms with E-state index >= 15 is 0 Å². The average Bonchev–Trinajstić information content (AvgIpc) is 2.49. The van der Waals surface area contributed by atoms with Gasteiger partial charge in [-0.05, 0) is 25.1 Å². The summed E-state index contributed by atoms with van der Waals surface area (Å²) in [7, 11) is -3.36. The molecule has 0 radical (unpaired) electrons. The van der Waals surface area contributed by atoms with Crippen molar-refractivity contribution in [1.82, 2.24) is 9.21 Å². The first-order chi connectivity index (χ1) is 9.64. The molecular weight excluding hydrogens is 274 g/mol. The smallest absolute Gasteiger partial charge is 0.243 e. The molecule has 1 heterocycles. The minimum Gasteiger partial charge on any atom is -0.301 e. The highest BCUT2D eigenvalue weighted by atomic mass is 32.2. The third-order valence-corrected chi connectivity index (χ3v) is 5.39. The summed E-state index contributed by atoms with van der Waals surface area (Å²) in [6.45, 7) is 3.37. The van der Waals surface area contributed by atoms with Gasteiger partial charge in [-0.15, -0.1) is 0 Å². The Labute approximate surface area is 120 Å². The third-order valence-electron chi connectivity index (χ3n) is 3.48. The summed E-state index contributed by atoms with van der Waals surface area (Å²) < 4.78 is 26.4. The van der Waals surface area contributed by atoms with E-state index in [2.05, 4.69) is 11.0 Å². The number of piperazine rings is 1. The van der Waals surface area contributed by atoms with Gasteiger partial charge in [0.15, 0.2) is 0 Å². The van der Waals surface area contributed by atoms with E-state index in [0.717, 1.165) is 26.1 Å². The van der Waals surface area contributed by atoms with Crippen molar-refractivity contribution in [3.05, 3.63) is 30.3 Å². The molecule has 1 aliphatic rings. The molecule has 0 atom stereocenters. The molecule has 0 amide bonds. The summed E-state index contributed by atoms with van der Waals surface area (Å²) >= 11 is 0. The number of benzene rings is 1. The Morgan fingerprint density at radius 2 is 1.75 bits per heavy atom. The lowest BCUT2D eigenvalue weighted by molar-refractivity contribution is 0.187. The molecule has 0 N–H and O–H groups in total. The second-order valence-electron chi connectivity index (χ2n) is 4.82. The molecule has 6 heteroatoms. The molecule has 0 aromatic heterocycles. The van der Waals surface area contributed by atoms with Crippen LogP contribution in [-0.2, 0) is 10.0 Å². The molecule has 0 saturated carbocycles. The molecule has 5 nitrogen and oxygen atoms in total. The number of unbranched alkanes of at least 4 members (excludes halogenated alkanes) is 1. The molecule has 108 valence electrons. The maximum atomic E-state index is 12.4. The van der Waals surface area contributed by atoms with Crippen LogP contribution in [-0.4, -0.2) is 50.3 Å². The Hall–Kier alpha value is -1.42. The summed E-state index contributed by atoms with van der Waals surface area (Å²) in [6, 6.07) is 10.7. The molecular formula is C14H19N3O2S. The Morgan fingerprint density at radius 1 is 1.10 bits per heavy atom. The van der Waals surface area contributed by atoms with Crippen LogP contribution in [0, 0.1) is 11.3 Å². The fraction of sp³-hybridized carbons (Fsp3) is 0.500. The van der Waals surface area contributed by atoms with E-state index in [1.54, 1.807) is 28.6 Å². The van der Waals surface area contributed by atoms with Gasteiger partial charge >= 0.3 is 0 Å². The molecule has 1 saturated heterocycles. The molecule has 1 aromatic rings. The van der Waals surface area contributed by atoms with Gasteiger partial charge in [-0.2, -0.15) is 9.57 Å². The molecule has 2 rings (SSSR count). The first-order valence-electron chi connectivity index (χ1n) is 6.79. The summed E-state index contributed by atoms with van der Waals surface area (Å²) in [4.78, 5) is 2.58. The summed E-state index contributed by atoms with van der Waals surface area (Å²) in [5.41, 5.74) is 0. The number of hydrogen-bond acceptors (Lipinski definition) is 4. The maximum Gasteiger partial charge on any atom is 0.243 e. The van der Waals surface area contributed by atoms with Crippen molar-refractivity contribution in [2.75, 3.05) is 32.7 Å². The lowest BCUT2D eigenvalue weighted by atomic mass is 10.3. The zero-order valence-electron chi connectivity index (χ0n) is 11.4. The van der Waals surface area contributed by atoms with Crippen LogP contribution in [0.1, 0.15) is 12.8 Å². The van der Waals surface area contributed by atoms with Crippen LogP contribution < -0.4 is 0 Å². The zero-order chi connectivity index (χ0) is 14.4. The van der Waals surface area contributed by atoms with E-state index in [1.807, 2.05) is 6.07 Å². The normalized spacial score (nSPS) is 17.8. The Morgan fingerprint density at radius 3 is 2.35 bits per heavy atom. The van der Waals surface area contributed by atoms with Gasteiger partial charge in [0, 0.05) is 32.6 Å². The second-order valence-corrected chi connectivity index (χ2v) is 6.76. The molecule has 20 heavy (non-hydrogen) atoms. The minimum atomic E-state index is -3.36. The largest absolute Gasteiger partial charge is 0.301 e. The van der Waals surface area contributed by atoms with Crippen molar-refractivity contribution in [3.8, 4) is 6.07 Å². The van der Waals surface area contributed by atoms with Crippen molar-refractivity contribution in [2.45, 2.75) is 17.7 Å². The Kier molecular flexibility index (Phi) is 5.12. The summed E-state index contributed by atoms with van der Waals surface area (Å²) in [6.07, 6.45) is 1.41. The second kappa shape index (κ2) is 6.84. The summed E-state index contributed by atoms with van der Waals surface area (Å²) in [5.74, 6) is 0. The fourth-order valence-electron chi connectivity index (χ4n) is 2.32. The van der Waals surface area contributed by atoms with E-state index in [9.17, 15) is 8.42 Å². The number of rotatable bonds is 5. The molecule has 0 aliphatic carbocycles. The minimum absolute atomic E-state index is 0.359. The number of sulfonamides is 1. The standard InChI is InChI=1S/C14H19N3O2S/c15-8-4-5-9-16-10-12-17(13-11-16)20(18,19)14-6-2-1-3-7-14/h1-3,6-7H,4-5,9-13H2. The summed E-state index contributed by atoms with van der Waals surface area (Å²) in [5, 5.41) is 8.51. The number of nitriles is 1. The molecule has 1 fully saturated rings. The highest BCUT2D eigenvalue weighted by Crippen LogP contribution is 2.17. The van der Waals surface area contributed by atoms with Crippen molar-refractivity contribution in [2.24, 2.45) is 0 Å². The van der Waals surface area contributed by atoms with Gasteiger partial charge in [0.25, 0.3) is 0 Å². The molecule has 0 bridgehead atoms. The van der Waals surface area contributed by atoms with Crippen molar-refractivity contribution < 1.29 is 8.42 Å². The average molecular weight is 293 g/mol. The Bertz CT molecular complexity index is 558. The van der Waals surface area contributed by atoms with Gasteiger partial charge in [-0.1, -0.05) is 18.2 Å².